The summed E-state index contributed by atoms with van der Waals surface area (Å²) in [7, 11) is 0. The average Bonchev–Trinajstić information content (AvgIpc) is 2.01. The molecule has 0 amide bonds. The van der Waals surface area contributed by atoms with Crippen LogP contribution in [-0.4, -0.2) is 0 Å². The van der Waals surface area contributed by atoms with Crippen molar-refractivity contribution in [1.29, 1.82) is 0 Å². The number of rotatable bonds is 1. The van der Waals surface area contributed by atoms with Crippen LogP contribution in [0.25, 0.3) is 6.08 Å². The van der Waals surface area contributed by atoms with Gasteiger partial charge < -0.3 is 0 Å². The highest BCUT2D eigenvalue weighted by Crippen LogP contribution is 2.15. The first-order valence-electron chi connectivity index (χ1n) is 2.92. The predicted octanol–water partition coefficient (Wildman–Crippen LogP) is 2.75. The quantitative estimate of drug-likeness (QED) is 0.551. The lowest BCUT2D eigenvalue weighted by molar-refractivity contribution is 0.446. The number of benzene rings is 1. The Kier molecular flexibility index (Phi) is 1.98. The summed E-state index contributed by atoms with van der Waals surface area (Å²) in [6.45, 7) is 3.23. The van der Waals surface area contributed by atoms with E-state index in [4.69, 9.17) is 0 Å². The SMILES string of the molecule is C=Cc1ccc(F)c(F)c1F. The van der Waals surface area contributed by atoms with E-state index in [1.807, 2.05) is 0 Å². The lowest BCUT2D eigenvalue weighted by atomic mass is 10.2. The zero-order valence-corrected chi connectivity index (χ0v) is 5.57. The van der Waals surface area contributed by atoms with Crippen LogP contribution in [0.5, 0.6) is 0 Å². The third kappa shape index (κ3) is 1.27. The topological polar surface area (TPSA) is 0 Å². The van der Waals surface area contributed by atoms with Crippen molar-refractivity contribution >= 4 is 6.08 Å². The Morgan fingerprint density at radius 1 is 1.09 bits per heavy atom. The Hall–Kier alpha value is -1.25. The Morgan fingerprint density at radius 2 is 1.73 bits per heavy atom. The minimum atomic E-state index is -1.46. The average molecular weight is 158 g/mol. The lowest BCUT2D eigenvalue weighted by Crippen LogP contribution is -1.92. The van der Waals surface area contributed by atoms with Crippen LogP contribution in [0.15, 0.2) is 18.7 Å². The zero-order valence-electron chi connectivity index (χ0n) is 5.57. The van der Waals surface area contributed by atoms with Gasteiger partial charge in [0.1, 0.15) is 0 Å². The minimum Gasteiger partial charge on any atom is -0.204 e. The standard InChI is InChI=1S/C8H5F3/c1-2-5-3-4-6(9)8(11)7(5)10/h2-4H,1H2. The summed E-state index contributed by atoms with van der Waals surface area (Å²) in [5.74, 6) is -3.84. The Morgan fingerprint density at radius 3 is 2.27 bits per heavy atom. The van der Waals surface area contributed by atoms with Gasteiger partial charge in [-0.15, -0.1) is 0 Å². The molecule has 1 rings (SSSR count). The predicted molar refractivity (Wildman–Crippen MR) is 36.4 cm³/mol. The van der Waals surface area contributed by atoms with Crippen LogP contribution < -0.4 is 0 Å². The van der Waals surface area contributed by atoms with Gasteiger partial charge in [-0.05, 0) is 12.1 Å². The maximum absolute atomic E-state index is 12.6. The van der Waals surface area contributed by atoms with Crippen LogP contribution in [0.3, 0.4) is 0 Å². The summed E-state index contributed by atoms with van der Waals surface area (Å²) >= 11 is 0. The van der Waals surface area contributed by atoms with Crippen LogP contribution >= 0.6 is 0 Å². The molecule has 11 heavy (non-hydrogen) atoms. The van der Waals surface area contributed by atoms with E-state index in [1.54, 1.807) is 0 Å². The summed E-state index contributed by atoms with van der Waals surface area (Å²) in [5, 5.41) is 0. The fraction of sp³-hybridized carbons (Fsp3) is 0. The summed E-state index contributed by atoms with van der Waals surface area (Å²) in [5.41, 5.74) is -0.0381. The first-order chi connectivity index (χ1) is 5.16. The molecule has 1 aromatic rings. The molecule has 0 N–H and O–H groups in total. The fourth-order valence-corrected chi connectivity index (χ4v) is 0.698. The lowest BCUT2D eigenvalue weighted by Gasteiger charge is -1.97. The molecule has 0 heterocycles. The van der Waals surface area contributed by atoms with E-state index in [2.05, 4.69) is 6.58 Å². The normalized spacial score (nSPS) is 9.73. The molecule has 58 valence electrons. The molecule has 0 saturated carbocycles. The maximum Gasteiger partial charge on any atom is 0.195 e. The molecule has 3 heteroatoms. The molecule has 0 bridgehead atoms. The van der Waals surface area contributed by atoms with Crippen molar-refractivity contribution in [3.8, 4) is 0 Å². The third-order valence-electron chi connectivity index (χ3n) is 1.28. The van der Waals surface area contributed by atoms with E-state index in [-0.39, 0.29) is 5.56 Å². The molecule has 0 radical (unpaired) electrons. The second kappa shape index (κ2) is 2.78. The van der Waals surface area contributed by atoms with Gasteiger partial charge in [0.25, 0.3) is 0 Å². The maximum atomic E-state index is 12.6. The Balaban J connectivity index is 3.36. The molecule has 0 nitrogen and oxygen atoms in total. The van der Waals surface area contributed by atoms with Crippen molar-refractivity contribution in [2.24, 2.45) is 0 Å². The second-order valence-electron chi connectivity index (χ2n) is 1.97. The highest BCUT2D eigenvalue weighted by Gasteiger charge is 2.10. The Labute approximate surface area is 62.0 Å². The summed E-state index contributed by atoms with van der Waals surface area (Å²) < 4.78 is 37.2. The van der Waals surface area contributed by atoms with Crippen LogP contribution in [0.2, 0.25) is 0 Å². The minimum absolute atomic E-state index is 0.0381. The van der Waals surface area contributed by atoms with Gasteiger partial charge in [-0.25, -0.2) is 13.2 Å². The summed E-state index contributed by atoms with van der Waals surface area (Å²) in [4.78, 5) is 0. The Bertz CT molecular complexity index is 292. The summed E-state index contributed by atoms with van der Waals surface area (Å²) in [6.07, 6.45) is 1.12. The van der Waals surface area contributed by atoms with Crippen LogP contribution in [-0.2, 0) is 0 Å². The van der Waals surface area contributed by atoms with Crippen molar-refractivity contribution in [2.75, 3.05) is 0 Å². The highest BCUT2D eigenvalue weighted by atomic mass is 19.2. The van der Waals surface area contributed by atoms with Crippen LogP contribution in [0.1, 0.15) is 5.56 Å². The van der Waals surface area contributed by atoms with Gasteiger partial charge in [-0.1, -0.05) is 12.7 Å². The van der Waals surface area contributed by atoms with Crippen molar-refractivity contribution in [1.82, 2.24) is 0 Å². The number of halogens is 3. The molecule has 0 aliphatic heterocycles. The van der Waals surface area contributed by atoms with Crippen molar-refractivity contribution in [2.45, 2.75) is 0 Å². The molecule has 0 aromatic heterocycles. The molecular formula is C8H5F3. The molecule has 0 spiro atoms. The van der Waals surface area contributed by atoms with E-state index >= 15 is 0 Å². The third-order valence-corrected chi connectivity index (χ3v) is 1.28. The van der Waals surface area contributed by atoms with Gasteiger partial charge >= 0.3 is 0 Å². The monoisotopic (exact) mass is 158 g/mol. The molecular weight excluding hydrogens is 153 g/mol. The smallest absolute Gasteiger partial charge is 0.195 e. The van der Waals surface area contributed by atoms with Crippen molar-refractivity contribution in [3.05, 3.63) is 41.7 Å². The van der Waals surface area contributed by atoms with Crippen molar-refractivity contribution < 1.29 is 13.2 Å². The van der Waals surface area contributed by atoms with Gasteiger partial charge in [-0.2, -0.15) is 0 Å². The molecule has 0 atom stereocenters. The van der Waals surface area contributed by atoms with E-state index in [9.17, 15) is 13.2 Å². The number of hydrogen-bond donors (Lipinski definition) is 0. The molecule has 0 fully saturated rings. The molecule has 0 aliphatic carbocycles. The zero-order chi connectivity index (χ0) is 8.43. The first-order valence-corrected chi connectivity index (χ1v) is 2.92. The molecule has 0 unspecified atom stereocenters. The largest absolute Gasteiger partial charge is 0.204 e. The molecule has 1 aromatic carbocycles. The van der Waals surface area contributed by atoms with E-state index in [0.717, 1.165) is 18.2 Å². The summed E-state index contributed by atoms with van der Waals surface area (Å²) in [6, 6.07) is 1.98. The second-order valence-corrected chi connectivity index (χ2v) is 1.97. The first kappa shape index (κ1) is 7.85. The van der Waals surface area contributed by atoms with Crippen LogP contribution in [0, 0.1) is 17.5 Å². The van der Waals surface area contributed by atoms with E-state index in [0.29, 0.717) is 0 Å². The highest BCUT2D eigenvalue weighted by molar-refractivity contribution is 5.47. The van der Waals surface area contributed by atoms with Gasteiger partial charge in [0.15, 0.2) is 17.5 Å². The van der Waals surface area contributed by atoms with Crippen molar-refractivity contribution in [3.63, 3.8) is 0 Å². The fourth-order valence-electron chi connectivity index (χ4n) is 0.698. The van der Waals surface area contributed by atoms with Gasteiger partial charge in [-0.3, -0.25) is 0 Å². The van der Waals surface area contributed by atoms with Gasteiger partial charge in [0.2, 0.25) is 0 Å². The van der Waals surface area contributed by atoms with Gasteiger partial charge in [0.05, 0.1) is 0 Å². The van der Waals surface area contributed by atoms with E-state index < -0.39 is 17.5 Å². The molecule has 0 saturated heterocycles. The van der Waals surface area contributed by atoms with Gasteiger partial charge in [0, 0.05) is 5.56 Å². The van der Waals surface area contributed by atoms with Crippen LogP contribution in [0.4, 0.5) is 13.2 Å². The number of hydrogen-bond acceptors (Lipinski definition) is 0. The van der Waals surface area contributed by atoms with E-state index in [1.165, 1.54) is 0 Å². The molecule has 0 aliphatic rings.